The number of hydrogen-bond donors (Lipinski definition) is 0. The molecule has 0 unspecified atom stereocenters. The third-order valence-corrected chi connectivity index (χ3v) is 5.62. The Morgan fingerprint density at radius 3 is 2.71 bits per heavy atom. The molecule has 2 heterocycles. The zero-order chi connectivity index (χ0) is 22.2. The number of rotatable bonds is 5. The van der Waals surface area contributed by atoms with Crippen molar-refractivity contribution in [3.05, 3.63) is 74.6 Å². The van der Waals surface area contributed by atoms with Crippen molar-refractivity contribution in [2.24, 2.45) is 0 Å². The highest BCUT2D eigenvalue weighted by Crippen LogP contribution is 2.36. The molecule has 1 aliphatic rings. The Bertz CT molecular complexity index is 1170. The van der Waals surface area contributed by atoms with Gasteiger partial charge in [0.25, 0.3) is 0 Å². The second kappa shape index (κ2) is 8.38. The monoisotopic (exact) mass is 431 g/mol. The number of aryl methyl sites for hydroxylation is 2. The molecular weight excluding hydrogens is 407 g/mol. The normalized spacial score (nSPS) is 14.5. The van der Waals surface area contributed by atoms with Gasteiger partial charge in [0.15, 0.2) is 0 Å². The Hall–Kier alpha value is -2.80. The average molecular weight is 431 g/mol. The molecule has 1 aliphatic heterocycles. The van der Waals surface area contributed by atoms with Crippen LogP contribution in [0.1, 0.15) is 47.6 Å². The predicted octanol–water partition coefficient (Wildman–Crippen LogP) is 5.81. The quantitative estimate of drug-likeness (QED) is 0.478. The van der Waals surface area contributed by atoms with E-state index in [4.69, 9.17) is 9.15 Å². The maximum absolute atomic E-state index is 13.0. The van der Waals surface area contributed by atoms with Crippen molar-refractivity contribution in [1.29, 1.82) is 0 Å². The van der Waals surface area contributed by atoms with Gasteiger partial charge in [-0.25, -0.2) is 4.79 Å². The van der Waals surface area contributed by atoms with Crippen molar-refractivity contribution in [1.82, 2.24) is 4.90 Å². The summed E-state index contributed by atoms with van der Waals surface area (Å²) in [6.45, 7) is 5.09. The van der Waals surface area contributed by atoms with E-state index in [1.807, 2.05) is 17.9 Å². The molecular formula is C24H24F3NO3. The Morgan fingerprint density at radius 1 is 1.16 bits per heavy atom. The molecule has 0 amide bonds. The van der Waals surface area contributed by atoms with Crippen LogP contribution in [0.25, 0.3) is 11.0 Å². The second-order valence-corrected chi connectivity index (χ2v) is 8.02. The summed E-state index contributed by atoms with van der Waals surface area (Å²) in [6.07, 6.45) is -1.60. The molecule has 0 saturated carbocycles. The SMILES string of the molecule is CCCCc1cc(=O)oc2c(C)c3c(cc12)CN(Cc1cccc(C(F)(F)F)c1)CO3. The standard InChI is InChI=1S/C24H24F3NO3/c1-3-4-7-17-11-21(29)31-23-15(2)22-18(10-20(17)23)13-28(14-30-22)12-16-6-5-8-19(9-16)24(25,26)27/h5-6,8-11H,3-4,7,12-14H2,1-2H3. The molecule has 0 saturated heterocycles. The van der Waals surface area contributed by atoms with Crippen LogP contribution in [0.3, 0.4) is 0 Å². The van der Waals surface area contributed by atoms with E-state index in [0.29, 0.717) is 30.0 Å². The lowest BCUT2D eigenvalue weighted by molar-refractivity contribution is -0.137. The van der Waals surface area contributed by atoms with Crippen molar-refractivity contribution in [3.63, 3.8) is 0 Å². The molecule has 0 spiro atoms. The predicted molar refractivity (Wildman–Crippen MR) is 112 cm³/mol. The van der Waals surface area contributed by atoms with Gasteiger partial charge in [-0.05, 0) is 43.0 Å². The van der Waals surface area contributed by atoms with E-state index in [9.17, 15) is 18.0 Å². The summed E-state index contributed by atoms with van der Waals surface area (Å²) in [5, 5.41) is 0.897. The highest BCUT2D eigenvalue weighted by atomic mass is 19.4. The third-order valence-electron chi connectivity index (χ3n) is 5.62. The summed E-state index contributed by atoms with van der Waals surface area (Å²) < 4.78 is 50.5. The summed E-state index contributed by atoms with van der Waals surface area (Å²) in [6, 6.07) is 8.91. The summed E-state index contributed by atoms with van der Waals surface area (Å²) in [5.41, 5.74) is 2.77. The van der Waals surface area contributed by atoms with Crippen LogP contribution in [0.5, 0.6) is 5.75 Å². The number of nitrogens with zero attached hydrogens (tertiary/aromatic N) is 1. The van der Waals surface area contributed by atoms with E-state index in [0.717, 1.165) is 47.4 Å². The summed E-state index contributed by atoms with van der Waals surface area (Å²) in [4.78, 5) is 14.0. The largest absolute Gasteiger partial charge is 0.477 e. The molecule has 0 N–H and O–H groups in total. The number of hydrogen-bond acceptors (Lipinski definition) is 4. The van der Waals surface area contributed by atoms with Crippen molar-refractivity contribution in [2.45, 2.75) is 52.4 Å². The number of halogens is 3. The van der Waals surface area contributed by atoms with Gasteiger partial charge in [0.2, 0.25) is 0 Å². The molecule has 4 nitrogen and oxygen atoms in total. The first-order chi connectivity index (χ1) is 14.8. The number of fused-ring (bicyclic) bond motifs is 2. The lowest BCUT2D eigenvalue weighted by Crippen LogP contribution is -2.32. The Kier molecular flexibility index (Phi) is 5.79. The topological polar surface area (TPSA) is 42.7 Å². The fourth-order valence-electron chi connectivity index (χ4n) is 4.11. The molecule has 7 heteroatoms. The molecule has 0 radical (unpaired) electrons. The zero-order valence-electron chi connectivity index (χ0n) is 17.5. The first kappa shape index (κ1) is 21.4. The van der Waals surface area contributed by atoms with Crippen molar-refractivity contribution in [3.8, 4) is 5.75 Å². The van der Waals surface area contributed by atoms with Gasteiger partial charge in [-0.1, -0.05) is 31.5 Å². The minimum atomic E-state index is -4.37. The molecule has 0 aliphatic carbocycles. The minimum absolute atomic E-state index is 0.245. The van der Waals surface area contributed by atoms with Crippen molar-refractivity contribution >= 4 is 11.0 Å². The van der Waals surface area contributed by atoms with Crippen molar-refractivity contribution in [2.75, 3.05) is 6.73 Å². The molecule has 0 bridgehead atoms. The lowest BCUT2D eigenvalue weighted by atomic mass is 9.98. The highest BCUT2D eigenvalue weighted by molar-refractivity contribution is 5.86. The fraction of sp³-hybridized carbons (Fsp3) is 0.375. The van der Waals surface area contributed by atoms with Gasteiger partial charge >= 0.3 is 11.8 Å². The molecule has 0 fully saturated rings. The van der Waals surface area contributed by atoms with Gasteiger partial charge < -0.3 is 9.15 Å². The van der Waals surface area contributed by atoms with Crippen LogP contribution >= 0.6 is 0 Å². The first-order valence-electron chi connectivity index (χ1n) is 10.4. The van der Waals surface area contributed by atoms with Crippen molar-refractivity contribution < 1.29 is 22.3 Å². The summed E-state index contributed by atoms with van der Waals surface area (Å²) in [5.74, 6) is 0.684. The van der Waals surface area contributed by atoms with E-state index < -0.39 is 11.7 Å². The Labute approximate surface area is 178 Å². The molecule has 2 aromatic carbocycles. The first-order valence-corrected chi connectivity index (χ1v) is 10.4. The van der Waals surface area contributed by atoms with Crippen LogP contribution in [-0.2, 0) is 25.7 Å². The van der Waals surface area contributed by atoms with Gasteiger partial charge in [-0.2, -0.15) is 13.2 Å². The van der Waals surface area contributed by atoms with Crippen LogP contribution in [0, 0.1) is 6.92 Å². The number of alkyl halides is 3. The smallest absolute Gasteiger partial charge is 0.416 e. The molecule has 0 atom stereocenters. The second-order valence-electron chi connectivity index (χ2n) is 8.02. The zero-order valence-corrected chi connectivity index (χ0v) is 17.5. The van der Waals surface area contributed by atoms with Gasteiger partial charge in [-0.15, -0.1) is 0 Å². The third kappa shape index (κ3) is 4.46. The molecule has 4 rings (SSSR count). The van der Waals surface area contributed by atoms with Gasteiger partial charge in [0.1, 0.15) is 18.1 Å². The van der Waals surface area contributed by atoms with E-state index >= 15 is 0 Å². The van der Waals surface area contributed by atoms with E-state index in [1.165, 1.54) is 12.1 Å². The van der Waals surface area contributed by atoms with Gasteiger partial charge in [-0.3, -0.25) is 4.90 Å². The van der Waals surface area contributed by atoms with Crippen LogP contribution in [0.4, 0.5) is 13.2 Å². The average Bonchev–Trinajstić information content (AvgIpc) is 2.72. The van der Waals surface area contributed by atoms with Crippen LogP contribution < -0.4 is 10.4 Å². The number of unbranched alkanes of at least 4 members (excludes halogenated alkanes) is 1. The fourth-order valence-corrected chi connectivity index (χ4v) is 4.11. The lowest BCUT2D eigenvalue weighted by Gasteiger charge is -2.30. The van der Waals surface area contributed by atoms with Crippen LogP contribution in [-0.4, -0.2) is 11.6 Å². The van der Waals surface area contributed by atoms with E-state index in [-0.39, 0.29) is 12.4 Å². The Morgan fingerprint density at radius 2 is 1.97 bits per heavy atom. The van der Waals surface area contributed by atoms with Gasteiger partial charge in [0.05, 0.1) is 5.56 Å². The molecule has 164 valence electrons. The summed E-state index contributed by atoms with van der Waals surface area (Å²) in [7, 11) is 0. The van der Waals surface area contributed by atoms with Crippen LogP contribution in [0.2, 0.25) is 0 Å². The molecule has 1 aromatic heterocycles. The van der Waals surface area contributed by atoms with Gasteiger partial charge in [0, 0.05) is 35.7 Å². The summed E-state index contributed by atoms with van der Waals surface area (Å²) >= 11 is 0. The highest BCUT2D eigenvalue weighted by Gasteiger charge is 2.30. The molecule has 31 heavy (non-hydrogen) atoms. The maximum Gasteiger partial charge on any atom is 0.416 e. The van der Waals surface area contributed by atoms with E-state index in [2.05, 4.69) is 6.92 Å². The number of ether oxygens (including phenoxy) is 1. The minimum Gasteiger partial charge on any atom is -0.477 e. The van der Waals surface area contributed by atoms with E-state index in [1.54, 1.807) is 12.1 Å². The Balaban J connectivity index is 1.65. The van der Waals surface area contributed by atoms with Crippen LogP contribution in [0.15, 0.2) is 45.6 Å². The maximum atomic E-state index is 13.0. The molecule has 3 aromatic rings. The number of benzene rings is 2.